The third-order valence-electron chi connectivity index (χ3n) is 4.70. The van der Waals surface area contributed by atoms with E-state index in [4.69, 9.17) is 0 Å². The minimum Gasteiger partial charge on any atom is -0.508 e. The number of nitrogens with zero attached hydrogens (tertiary/aromatic N) is 1. The van der Waals surface area contributed by atoms with Crippen LogP contribution in [0.1, 0.15) is 18.0 Å². The fourth-order valence-corrected chi connectivity index (χ4v) is 3.41. The first-order valence-corrected chi connectivity index (χ1v) is 8.90. The van der Waals surface area contributed by atoms with Crippen molar-refractivity contribution in [2.45, 2.75) is 12.5 Å². The van der Waals surface area contributed by atoms with Gasteiger partial charge in [-0.05, 0) is 52.7 Å². The Morgan fingerprint density at radius 3 is 2.37 bits per heavy atom. The maximum Gasteiger partial charge on any atom is 0.226 e. The molecule has 1 unspecified atom stereocenters. The summed E-state index contributed by atoms with van der Waals surface area (Å²) in [6.07, 6.45) is 4.28. The second kappa shape index (κ2) is 7.38. The van der Waals surface area contributed by atoms with Crippen LogP contribution in [0.4, 0.5) is 5.69 Å². The summed E-state index contributed by atoms with van der Waals surface area (Å²) in [5.41, 5.74) is 1.78. The van der Waals surface area contributed by atoms with Gasteiger partial charge in [-0.3, -0.25) is 4.79 Å². The zero-order chi connectivity index (χ0) is 18.6. The number of aromatic nitrogens is 1. The van der Waals surface area contributed by atoms with Crippen LogP contribution < -0.4 is 5.32 Å². The Hall–Kier alpha value is -3.53. The predicted octanol–water partition coefficient (Wildman–Crippen LogP) is 4.97. The largest absolute Gasteiger partial charge is 0.508 e. The van der Waals surface area contributed by atoms with Gasteiger partial charge in [0, 0.05) is 18.1 Å². The summed E-state index contributed by atoms with van der Waals surface area (Å²) in [6, 6.07) is 24.8. The number of amides is 1. The van der Waals surface area contributed by atoms with E-state index in [1.165, 1.54) is 0 Å². The molecule has 0 aliphatic rings. The molecule has 4 aromatic rings. The number of phenolic OH excluding ortho intramolecular Hbond substituents is 1. The number of nitrogens with one attached hydrogen (secondary N) is 1. The van der Waals surface area contributed by atoms with Gasteiger partial charge in [0.05, 0.1) is 12.5 Å². The molecular weight excluding hydrogens is 336 g/mol. The van der Waals surface area contributed by atoms with Crippen LogP contribution >= 0.6 is 0 Å². The average molecular weight is 356 g/mol. The highest BCUT2D eigenvalue weighted by Crippen LogP contribution is 2.30. The number of anilines is 1. The van der Waals surface area contributed by atoms with Crippen molar-refractivity contribution in [1.29, 1.82) is 0 Å². The number of hydrogen-bond acceptors (Lipinski definition) is 2. The van der Waals surface area contributed by atoms with Gasteiger partial charge in [-0.25, -0.2) is 0 Å². The van der Waals surface area contributed by atoms with Crippen molar-refractivity contribution in [1.82, 2.24) is 4.57 Å². The molecule has 1 atom stereocenters. The molecule has 1 heterocycles. The standard InChI is InChI=1S/C23H20N2O2/c26-19-12-10-18(11-13-19)24-23(27)16-22(25-14-3-4-15-25)21-9-5-7-17-6-1-2-8-20(17)21/h1-15,22,26H,16H2,(H,24,27). The lowest BCUT2D eigenvalue weighted by Gasteiger charge is -2.21. The van der Waals surface area contributed by atoms with E-state index in [9.17, 15) is 9.90 Å². The average Bonchev–Trinajstić information content (AvgIpc) is 3.22. The minimum absolute atomic E-state index is 0.0766. The van der Waals surface area contributed by atoms with Gasteiger partial charge in [-0.1, -0.05) is 42.5 Å². The Morgan fingerprint density at radius 2 is 1.59 bits per heavy atom. The van der Waals surface area contributed by atoms with Gasteiger partial charge >= 0.3 is 0 Å². The number of phenols is 1. The number of carbonyl (C=O) groups excluding carboxylic acids is 1. The van der Waals surface area contributed by atoms with Crippen molar-refractivity contribution in [2.24, 2.45) is 0 Å². The monoisotopic (exact) mass is 356 g/mol. The predicted molar refractivity (Wildman–Crippen MR) is 108 cm³/mol. The molecule has 0 spiro atoms. The van der Waals surface area contributed by atoms with Crippen LogP contribution in [0.5, 0.6) is 5.75 Å². The second-order valence-corrected chi connectivity index (χ2v) is 6.51. The molecular formula is C23H20N2O2. The van der Waals surface area contributed by atoms with E-state index in [-0.39, 0.29) is 17.7 Å². The van der Waals surface area contributed by atoms with Crippen molar-refractivity contribution in [3.05, 3.63) is 96.8 Å². The molecule has 4 heteroatoms. The molecule has 0 radical (unpaired) electrons. The van der Waals surface area contributed by atoms with Gasteiger partial charge in [0.15, 0.2) is 0 Å². The number of hydrogen-bond donors (Lipinski definition) is 2. The highest BCUT2D eigenvalue weighted by Gasteiger charge is 2.19. The van der Waals surface area contributed by atoms with Crippen molar-refractivity contribution in [2.75, 3.05) is 5.32 Å². The summed E-state index contributed by atoms with van der Waals surface area (Å²) in [5, 5.41) is 14.6. The zero-order valence-corrected chi connectivity index (χ0v) is 14.7. The van der Waals surface area contributed by atoms with Crippen LogP contribution in [0.15, 0.2) is 91.3 Å². The van der Waals surface area contributed by atoms with E-state index in [0.717, 1.165) is 16.3 Å². The molecule has 4 rings (SSSR count). The first-order valence-electron chi connectivity index (χ1n) is 8.90. The van der Waals surface area contributed by atoms with Crippen molar-refractivity contribution >= 4 is 22.4 Å². The number of rotatable bonds is 5. The molecule has 0 bridgehead atoms. The van der Waals surface area contributed by atoms with Crippen LogP contribution in [0.2, 0.25) is 0 Å². The summed E-state index contributed by atoms with van der Waals surface area (Å²) in [6.45, 7) is 0. The third kappa shape index (κ3) is 3.70. The van der Waals surface area contributed by atoms with E-state index in [2.05, 4.69) is 34.1 Å². The Kier molecular flexibility index (Phi) is 4.62. The SMILES string of the molecule is O=C(CC(c1cccc2ccccc12)n1cccc1)Nc1ccc(O)cc1. The van der Waals surface area contributed by atoms with E-state index < -0.39 is 0 Å². The topological polar surface area (TPSA) is 54.3 Å². The fraction of sp³-hybridized carbons (Fsp3) is 0.0870. The second-order valence-electron chi connectivity index (χ2n) is 6.51. The van der Waals surface area contributed by atoms with Crippen LogP contribution in [0.25, 0.3) is 10.8 Å². The minimum atomic E-state index is -0.108. The van der Waals surface area contributed by atoms with Crippen LogP contribution in [0, 0.1) is 0 Å². The van der Waals surface area contributed by atoms with Gasteiger partial charge in [0.2, 0.25) is 5.91 Å². The molecule has 134 valence electrons. The van der Waals surface area contributed by atoms with Crippen LogP contribution in [0.3, 0.4) is 0 Å². The first-order chi connectivity index (χ1) is 13.2. The molecule has 2 N–H and O–H groups in total. The van der Waals surface area contributed by atoms with E-state index in [1.807, 2.05) is 42.7 Å². The maximum atomic E-state index is 12.7. The highest BCUT2D eigenvalue weighted by molar-refractivity contribution is 5.92. The van der Waals surface area contributed by atoms with Crippen LogP contribution in [-0.4, -0.2) is 15.6 Å². The number of benzene rings is 3. The summed E-state index contributed by atoms with van der Waals surface area (Å²) >= 11 is 0. The lowest BCUT2D eigenvalue weighted by Crippen LogP contribution is -2.19. The van der Waals surface area contributed by atoms with E-state index in [1.54, 1.807) is 24.3 Å². The number of fused-ring (bicyclic) bond motifs is 1. The smallest absolute Gasteiger partial charge is 0.226 e. The molecule has 4 nitrogen and oxygen atoms in total. The van der Waals surface area contributed by atoms with Crippen molar-refractivity contribution in [3.63, 3.8) is 0 Å². The Morgan fingerprint density at radius 1 is 0.889 bits per heavy atom. The summed E-state index contributed by atoms with van der Waals surface area (Å²) in [5.74, 6) is 0.0984. The van der Waals surface area contributed by atoms with E-state index in [0.29, 0.717) is 12.1 Å². The number of aromatic hydroxyl groups is 1. The molecule has 1 aromatic heterocycles. The number of carbonyl (C=O) groups is 1. The third-order valence-corrected chi connectivity index (χ3v) is 4.70. The summed E-state index contributed by atoms with van der Waals surface area (Å²) < 4.78 is 2.07. The normalized spacial score (nSPS) is 12.0. The van der Waals surface area contributed by atoms with Crippen molar-refractivity contribution in [3.8, 4) is 5.75 Å². The first kappa shape index (κ1) is 16.9. The van der Waals surface area contributed by atoms with E-state index >= 15 is 0 Å². The molecule has 1 amide bonds. The lowest BCUT2D eigenvalue weighted by molar-refractivity contribution is -0.116. The van der Waals surface area contributed by atoms with Gasteiger partial charge in [0.25, 0.3) is 0 Å². The quantitative estimate of drug-likeness (QED) is 0.496. The summed E-state index contributed by atoms with van der Waals surface area (Å²) in [4.78, 5) is 12.7. The summed E-state index contributed by atoms with van der Waals surface area (Å²) in [7, 11) is 0. The van der Waals surface area contributed by atoms with Crippen molar-refractivity contribution < 1.29 is 9.90 Å². The Balaban J connectivity index is 1.66. The highest BCUT2D eigenvalue weighted by atomic mass is 16.3. The molecule has 0 aliphatic heterocycles. The molecule has 0 fully saturated rings. The van der Waals surface area contributed by atoms with Gasteiger partial charge in [-0.15, -0.1) is 0 Å². The molecule has 27 heavy (non-hydrogen) atoms. The molecule has 0 saturated heterocycles. The Labute approximate surface area is 157 Å². The van der Waals surface area contributed by atoms with Crippen LogP contribution in [-0.2, 0) is 4.79 Å². The lowest BCUT2D eigenvalue weighted by atomic mass is 9.96. The van der Waals surface area contributed by atoms with Gasteiger partial charge < -0.3 is 15.0 Å². The molecule has 3 aromatic carbocycles. The Bertz CT molecular complexity index is 1050. The fourth-order valence-electron chi connectivity index (χ4n) is 3.41. The zero-order valence-electron chi connectivity index (χ0n) is 14.7. The van der Waals surface area contributed by atoms with Gasteiger partial charge in [0.1, 0.15) is 5.75 Å². The molecule has 0 aliphatic carbocycles. The van der Waals surface area contributed by atoms with Gasteiger partial charge in [-0.2, -0.15) is 0 Å². The maximum absolute atomic E-state index is 12.7. The molecule has 0 saturated carbocycles.